The molecule has 1 rings (SSSR count). The second-order valence-electron chi connectivity index (χ2n) is 2.27. The molecule has 0 unspecified atom stereocenters. The summed E-state index contributed by atoms with van der Waals surface area (Å²) in [5.41, 5.74) is 0. The van der Waals surface area contributed by atoms with Crippen LogP contribution in [0.1, 0.15) is 26.2 Å². The third-order valence-corrected chi connectivity index (χ3v) is 1.39. The predicted molar refractivity (Wildman–Crippen MR) is 45.4 cm³/mol. The van der Waals surface area contributed by atoms with Crippen molar-refractivity contribution in [2.45, 2.75) is 26.2 Å². The van der Waals surface area contributed by atoms with Gasteiger partial charge in [-0.15, -0.1) is 0 Å². The van der Waals surface area contributed by atoms with Gasteiger partial charge in [0.15, 0.2) is 0 Å². The van der Waals surface area contributed by atoms with E-state index in [2.05, 4.69) is 17.1 Å². The van der Waals surface area contributed by atoms with Gasteiger partial charge >= 0.3 is 0 Å². The van der Waals surface area contributed by atoms with Gasteiger partial charge in [-0.05, 0) is 13.3 Å². The van der Waals surface area contributed by atoms with E-state index in [1.54, 1.807) is 6.21 Å². The van der Waals surface area contributed by atoms with E-state index in [1.807, 2.05) is 6.92 Å². The van der Waals surface area contributed by atoms with Crippen LogP contribution in [0.15, 0.2) is 5.10 Å². The molecule has 0 spiro atoms. The van der Waals surface area contributed by atoms with Gasteiger partial charge in [-0.1, -0.05) is 5.92 Å². The first-order valence-corrected chi connectivity index (χ1v) is 3.69. The molecule has 1 heterocycles. The summed E-state index contributed by atoms with van der Waals surface area (Å²) in [6.07, 6.45) is 4.26. The second kappa shape index (κ2) is 3.77. The molecule has 58 valence electrons. The van der Waals surface area contributed by atoms with Crippen LogP contribution in [0.4, 0.5) is 0 Å². The van der Waals surface area contributed by atoms with Crippen LogP contribution in [0.3, 0.4) is 0 Å². The number of nitrogens with zero attached hydrogens (tertiary/aromatic N) is 2. The van der Waals surface area contributed by atoms with E-state index < -0.39 is 0 Å². The highest BCUT2D eigenvalue weighted by Gasteiger charge is 2.06. The monoisotopic (exact) mass is 149 g/mol. The lowest BCUT2D eigenvalue weighted by Gasteiger charge is -2.08. The van der Waals surface area contributed by atoms with E-state index in [-0.39, 0.29) is 0 Å². The summed E-state index contributed by atoms with van der Waals surface area (Å²) in [5.74, 6) is 3.43. The SMILES string of the molecule is C/C=N\N1C#CCCCC1=N. The largest absolute Gasteiger partial charge is 0.286 e. The average molecular weight is 149 g/mol. The number of hydrazone groups is 1. The molecule has 3 heteroatoms. The molecule has 0 saturated heterocycles. The Kier molecular flexibility index (Phi) is 2.67. The predicted octanol–water partition coefficient (Wildman–Crippen LogP) is 1.42. The third kappa shape index (κ3) is 2.08. The van der Waals surface area contributed by atoms with E-state index in [1.165, 1.54) is 5.01 Å². The maximum absolute atomic E-state index is 7.50. The molecule has 0 aromatic heterocycles. The minimum atomic E-state index is 0.494. The Labute approximate surface area is 66.6 Å². The Morgan fingerprint density at radius 3 is 3.27 bits per heavy atom. The van der Waals surface area contributed by atoms with Gasteiger partial charge in [0, 0.05) is 25.1 Å². The molecule has 11 heavy (non-hydrogen) atoms. The van der Waals surface area contributed by atoms with Crippen LogP contribution in [-0.2, 0) is 0 Å². The molecule has 0 aliphatic carbocycles. The van der Waals surface area contributed by atoms with Crippen molar-refractivity contribution in [2.24, 2.45) is 5.10 Å². The second-order valence-corrected chi connectivity index (χ2v) is 2.27. The smallest absolute Gasteiger partial charge is 0.132 e. The summed E-state index contributed by atoms with van der Waals surface area (Å²) in [4.78, 5) is 0. The fourth-order valence-electron chi connectivity index (χ4n) is 0.862. The molecule has 0 aromatic rings. The highest BCUT2D eigenvalue weighted by atomic mass is 15.5. The molecule has 3 nitrogen and oxygen atoms in total. The van der Waals surface area contributed by atoms with Crippen molar-refractivity contribution < 1.29 is 0 Å². The maximum Gasteiger partial charge on any atom is 0.132 e. The van der Waals surface area contributed by atoms with Gasteiger partial charge in [0.25, 0.3) is 0 Å². The number of hydrogen-bond donors (Lipinski definition) is 1. The fraction of sp³-hybridized carbons (Fsp3) is 0.500. The van der Waals surface area contributed by atoms with Crippen LogP contribution >= 0.6 is 0 Å². The molecule has 0 bridgehead atoms. The lowest BCUT2D eigenvalue weighted by Crippen LogP contribution is -2.18. The van der Waals surface area contributed by atoms with Crippen LogP contribution < -0.4 is 0 Å². The van der Waals surface area contributed by atoms with Gasteiger partial charge in [0.2, 0.25) is 0 Å². The maximum atomic E-state index is 7.50. The van der Waals surface area contributed by atoms with E-state index in [4.69, 9.17) is 5.41 Å². The summed E-state index contributed by atoms with van der Waals surface area (Å²) in [7, 11) is 0. The zero-order valence-corrected chi connectivity index (χ0v) is 6.59. The van der Waals surface area contributed by atoms with E-state index in [0.717, 1.165) is 19.3 Å². The number of rotatable bonds is 1. The summed E-state index contributed by atoms with van der Waals surface area (Å²) in [5, 5.41) is 12.9. The van der Waals surface area contributed by atoms with Crippen molar-refractivity contribution in [1.82, 2.24) is 5.01 Å². The van der Waals surface area contributed by atoms with Gasteiger partial charge < -0.3 is 0 Å². The summed E-state index contributed by atoms with van der Waals surface area (Å²) >= 11 is 0. The summed E-state index contributed by atoms with van der Waals surface area (Å²) < 4.78 is 0. The molecule has 0 radical (unpaired) electrons. The summed E-state index contributed by atoms with van der Waals surface area (Å²) in [6.45, 7) is 1.82. The topological polar surface area (TPSA) is 39.5 Å². The van der Waals surface area contributed by atoms with Gasteiger partial charge in [0.1, 0.15) is 5.84 Å². The Morgan fingerprint density at radius 1 is 1.73 bits per heavy atom. The zero-order valence-electron chi connectivity index (χ0n) is 6.59. The molecule has 0 aromatic carbocycles. The minimum Gasteiger partial charge on any atom is -0.286 e. The lowest BCUT2D eigenvalue weighted by molar-refractivity contribution is 0.615. The van der Waals surface area contributed by atoms with Crippen molar-refractivity contribution >= 4 is 12.1 Å². The number of hydrogen-bond acceptors (Lipinski definition) is 2. The first kappa shape index (κ1) is 7.80. The molecule has 1 aliphatic rings. The quantitative estimate of drug-likeness (QED) is 0.444. The Hall–Kier alpha value is -1.30. The van der Waals surface area contributed by atoms with Crippen LogP contribution in [0.2, 0.25) is 0 Å². The van der Waals surface area contributed by atoms with Gasteiger partial charge in [-0.25, -0.2) is 0 Å². The number of nitrogens with one attached hydrogen (secondary N) is 1. The van der Waals surface area contributed by atoms with E-state index in [0.29, 0.717) is 5.84 Å². The fourth-order valence-corrected chi connectivity index (χ4v) is 0.862. The van der Waals surface area contributed by atoms with Crippen molar-refractivity contribution in [3.05, 3.63) is 0 Å². The van der Waals surface area contributed by atoms with Crippen molar-refractivity contribution in [3.63, 3.8) is 0 Å². The molecular weight excluding hydrogens is 138 g/mol. The molecular formula is C8H11N3. The van der Waals surface area contributed by atoms with Crippen molar-refractivity contribution in [1.29, 1.82) is 5.41 Å². The molecule has 0 fully saturated rings. The Bertz CT molecular complexity index is 231. The average Bonchev–Trinajstić information content (AvgIpc) is 2.18. The van der Waals surface area contributed by atoms with Gasteiger partial charge in [-0.2, -0.15) is 10.1 Å². The first-order chi connectivity index (χ1) is 5.34. The van der Waals surface area contributed by atoms with Crippen molar-refractivity contribution in [3.8, 4) is 12.0 Å². The zero-order chi connectivity index (χ0) is 8.10. The number of amidine groups is 1. The Balaban J connectivity index is 2.69. The van der Waals surface area contributed by atoms with Crippen LogP contribution in [-0.4, -0.2) is 17.1 Å². The normalized spacial score (nSPS) is 17.9. The van der Waals surface area contributed by atoms with Crippen LogP contribution in [0.5, 0.6) is 0 Å². The molecule has 0 atom stereocenters. The van der Waals surface area contributed by atoms with E-state index in [9.17, 15) is 0 Å². The first-order valence-electron chi connectivity index (χ1n) is 3.69. The minimum absolute atomic E-state index is 0.494. The van der Waals surface area contributed by atoms with Crippen molar-refractivity contribution in [2.75, 3.05) is 0 Å². The van der Waals surface area contributed by atoms with Crippen LogP contribution in [0.25, 0.3) is 0 Å². The molecule has 0 amide bonds. The van der Waals surface area contributed by atoms with E-state index >= 15 is 0 Å². The molecule has 1 aliphatic heterocycles. The highest BCUT2D eigenvalue weighted by molar-refractivity contribution is 5.81. The molecule has 1 N–H and O–H groups in total. The van der Waals surface area contributed by atoms with Gasteiger partial charge in [0.05, 0.1) is 0 Å². The Morgan fingerprint density at radius 2 is 2.55 bits per heavy atom. The standard InChI is InChI=1S/C8H11N3/c1-2-10-11-7-5-3-4-6-8(11)9/h2,9H,3-4,6H2,1H3/b9-8?,10-2-. The van der Waals surface area contributed by atoms with Gasteiger partial charge in [-0.3, -0.25) is 5.41 Å². The molecule has 0 saturated carbocycles. The lowest BCUT2D eigenvalue weighted by atomic mass is 10.2. The van der Waals surface area contributed by atoms with Crippen LogP contribution in [0, 0.1) is 17.4 Å². The highest BCUT2D eigenvalue weighted by Crippen LogP contribution is 2.04. The third-order valence-electron chi connectivity index (χ3n) is 1.39. The summed E-state index contributed by atoms with van der Waals surface area (Å²) in [6, 6.07) is 2.79.